The third kappa shape index (κ3) is 3.88. The maximum absolute atomic E-state index is 13.4. The zero-order valence-electron chi connectivity index (χ0n) is 14.9. The Hall–Kier alpha value is -2.44. The number of benzene rings is 2. The second-order valence-electron chi connectivity index (χ2n) is 6.75. The highest BCUT2D eigenvalue weighted by molar-refractivity contribution is 6.30. The SMILES string of the molecule is FC(F)(F)c1ccccc1-c1nc(Cl)c2c(n1)CN(Cc1ccccc1)CC2. The molecule has 0 spiro atoms. The van der Waals surface area contributed by atoms with Crippen LogP contribution in [0.25, 0.3) is 11.4 Å². The van der Waals surface area contributed by atoms with Crippen molar-refractivity contribution in [3.8, 4) is 11.4 Å². The minimum absolute atomic E-state index is 0.0123. The Balaban J connectivity index is 1.68. The van der Waals surface area contributed by atoms with E-state index in [-0.39, 0.29) is 16.5 Å². The van der Waals surface area contributed by atoms with Crippen LogP contribution in [0.15, 0.2) is 54.6 Å². The monoisotopic (exact) mass is 403 g/mol. The normalized spacial score (nSPS) is 14.7. The lowest BCUT2D eigenvalue weighted by molar-refractivity contribution is -0.137. The van der Waals surface area contributed by atoms with E-state index in [4.69, 9.17) is 11.6 Å². The van der Waals surface area contributed by atoms with Crippen LogP contribution in [0.2, 0.25) is 5.15 Å². The average molecular weight is 404 g/mol. The third-order valence-corrected chi connectivity index (χ3v) is 5.13. The lowest BCUT2D eigenvalue weighted by atomic mass is 10.0. The van der Waals surface area contributed by atoms with E-state index in [2.05, 4.69) is 14.9 Å². The summed E-state index contributed by atoms with van der Waals surface area (Å²) in [4.78, 5) is 10.9. The van der Waals surface area contributed by atoms with Gasteiger partial charge in [-0.15, -0.1) is 0 Å². The van der Waals surface area contributed by atoms with Crippen molar-refractivity contribution in [2.24, 2.45) is 0 Å². The van der Waals surface area contributed by atoms with Gasteiger partial charge < -0.3 is 0 Å². The predicted octanol–water partition coefficient (Wildman–Crippen LogP) is 5.37. The quantitative estimate of drug-likeness (QED) is 0.550. The van der Waals surface area contributed by atoms with E-state index in [1.54, 1.807) is 6.07 Å². The molecule has 7 heteroatoms. The Kier molecular flexibility index (Phi) is 5.08. The fourth-order valence-corrected chi connectivity index (χ4v) is 3.74. The van der Waals surface area contributed by atoms with Crippen LogP contribution in [-0.2, 0) is 25.7 Å². The van der Waals surface area contributed by atoms with Crippen LogP contribution in [0.5, 0.6) is 0 Å². The van der Waals surface area contributed by atoms with Crippen LogP contribution in [0.4, 0.5) is 13.2 Å². The molecule has 0 bridgehead atoms. The van der Waals surface area contributed by atoms with Crippen molar-refractivity contribution in [2.75, 3.05) is 6.54 Å². The minimum atomic E-state index is -4.48. The average Bonchev–Trinajstić information content (AvgIpc) is 2.68. The molecule has 0 amide bonds. The second kappa shape index (κ2) is 7.53. The van der Waals surface area contributed by atoms with Crippen molar-refractivity contribution in [1.82, 2.24) is 14.9 Å². The molecule has 0 N–H and O–H groups in total. The Morgan fingerprint density at radius 3 is 2.43 bits per heavy atom. The van der Waals surface area contributed by atoms with Crippen molar-refractivity contribution in [3.05, 3.63) is 82.1 Å². The molecule has 3 nitrogen and oxygen atoms in total. The number of rotatable bonds is 3. The number of halogens is 4. The summed E-state index contributed by atoms with van der Waals surface area (Å²) in [6.45, 7) is 2.06. The first-order valence-electron chi connectivity index (χ1n) is 8.90. The van der Waals surface area contributed by atoms with Crippen molar-refractivity contribution in [2.45, 2.75) is 25.7 Å². The number of hydrogen-bond acceptors (Lipinski definition) is 3. The molecule has 0 unspecified atom stereocenters. The molecule has 0 saturated carbocycles. The highest BCUT2D eigenvalue weighted by Gasteiger charge is 2.34. The molecular weight excluding hydrogens is 387 g/mol. The third-order valence-electron chi connectivity index (χ3n) is 4.82. The predicted molar refractivity (Wildman–Crippen MR) is 102 cm³/mol. The van der Waals surface area contributed by atoms with Gasteiger partial charge in [-0.1, -0.05) is 60.1 Å². The van der Waals surface area contributed by atoms with Crippen molar-refractivity contribution >= 4 is 11.6 Å². The summed E-state index contributed by atoms with van der Waals surface area (Å²) in [6.07, 6.45) is -3.82. The molecule has 2 heterocycles. The van der Waals surface area contributed by atoms with Gasteiger partial charge in [0.1, 0.15) is 5.15 Å². The maximum atomic E-state index is 13.4. The van der Waals surface area contributed by atoms with E-state index in [1.807, 2.05) is 30.3 Å². The topological polar surface area (TPSA) is 29.0 Å². The summed E-state index contributed by atoms with van der Waals surface area (Å²) in [7, 11) is 0. The van der Waals surface area contributed by atoms with Crippen LogP contribution >= 0.6 is 11.6 Å². The molecule has 144 valence electrons. The number of alkyl halides is 3. The molecule has 4 rings (SSSR count). The first-order chi connectivity index (χ1) is 13.4. The van der Waals surface area contributed by atoms with Gasteiger partial charge in [-0.25, -0.2) is 9.97 Å². The van der Waals surface area contributed by atoms with Gasteiger partial charge in [0.15, 0.2) is 5.82 Å². The second-order valence-corrected chi connectivity index (χ2v) is 7.11. The fourth-order valence-electron chi connectivity index (χ4n) is 3.46. The van der Waals surface area contributed by atoms with Gasteiger partial charge in [0.2, 0.25) is 0 Å². The van der Waals surface area contributed by atoms with Gasteiger partial charge >= 0.3 is 6.18 Å². The van der Waals surface area contributed by atoms with Crippen molar-refractivity contribution in [3.63, 3.8) is 0 Å². The number of nitrogens with zero attached hydrogens (tertiary/aromatic N) is 3. The van der Waals surface area contributed by atoms with E-state index in [0.717, 1.165) is 24.7 Å². The molecule has 0 fully saturated rings. The van der Waals surface area contributed by atoms with Gasteiger partial charge in [-0.2, -0.15) is 13.2 Å². The lowest BCUT2D eigenvalue weighted by Gasteiger charge is -2.28. The van der Waals surface area contributed by atoms with Gasteiger partial charge in [-0.05, 0) is 18.1 Å². The summed E-state index contributed by atoms with van der Waals surface area (Å²) in [5.41, 5.74) is 1.87. The first kappa shape index (κ1) is 18.9. The summed E-state index contributed by atoms with van der Waals surface area (Å²) in [6, 6.07) is 15.3. The van der Waals surface area contributed by atoms with Gasteiger partial charge in [-0.3, -0.25) is 4.90 Å². The summed E-state index contributed by atoms with van der Waals surface area (Å²) in [5.74, 6) is 0.0123. The largest absolute Gasteiger partial charge is 0.417 e. The lowest BCUT2D eigenvalue weighted by Crippen LogP contribution is -2.31. The summed E-state index contributed by atoms with van der Waals surface area (Å²) >= 11 is 6.32. The highest BCUT2D eigenvalue weighted by atomic mass is 35.5. The molecule has 1 aliphatic rings. The summed E-state index contributed by atoms with van der Waals surface area (Å²) < 4.78 is 40.1. The Morgan fingerprint density at radius 1 is 0.964 bits per heavy atom. The molecule has 2 aromatic carbocycles. The van der Waals surface area contributed by atoms with Gasteiger partial charge in [0.05, 0.1) is 11.3 Å². The number of aromatic nitrogens is 2. The van der Waals surface area contributed by atoms with Gasteiger partial charge in [0.25, 0.3) is 0 Å². The molecule has 0 radical (unpaired) electrons. The van der Waals surface area contributed by atoms with Gasteiger partial charge in [0, 0.05) is 30.8 Å². The molecule has 1 aromatic heterocycles. The zero-order valence-corrected chi connectivity index (χ0v) is 15.6. The molecule has 1 aliphatic heterocycles. The van der Waals surface area contributed by atoms with Crippen LogP contribution in [0, 0.1) is 0 Å². The van der Waals surface area contributed by atoms with E-state index in [1.165, 1.54) is 17.7 Å². The first-order valence-corrected chi connectivity index (χ1v) is 9.28. The number of fused-ring (bicyclic) bond motifs is 1. The molecule has 28 heavy (non-hydrogen) atoms. The van der Waals surface area contributed by atoms with Crippen molar-refractivity contribution < 1.29 is 13.2 Å². The standard InChI is InChI=1S/C21H17ClF3N3/c22-19-16-10-11-28(12-14-6-2-1-3-7-14)13-18(16)26-20(27-19)15-8-4-5-9-17(15)21(23,24)25/h1-9H,10-13H2. The van der Waals surface area contributed by atoms with E-state index < -0.39 is 11.7 Å². The molecule has 0 saturated heterocycles. The van der Waals surface area contributed by atoms with Crippen LogP contribution in [0.1, 0.15) is 22.4 Å². The molecule has 3 aromatic rings. The Labute approximate surface area is 165 Å². The van der Waals surface area contributed by atoms with Crippen LogP contribution in [0.3, 0.4) is 0 Å². The maximum Gasteiger partial charge on any atom is 0.417 e. The highest BCUT2D eigenvalue weighted by Crippen LogP contribution is 2.37. The van der Waals surface area contributed by atoms with Crippen LogP contribution in [-0.4, -0.2) is 21.4 Å². The Bertz CT molecular complexity index is 990. The fraction of sp³-hybridized carbons (Fsp3) is 0.238. The van der Waals surface area contributed by atoms with E-state index in [0.29, 0.717) is 18.7 Å². The molecule has 0 aliphatic carbocycles. The number of hydrogen-bond donors (Lipinski definition) is 0. The molecule has 0 atom stereocenters. The van der Waals surface area contributed by atoms with Crippen molar-refractivity contribution in [1.29, 1.82) is 0 Å². The smallest absolute Gasteiger partial charge is 0.293 e. The Morgan fingerprint density at radius 2 is 1.68 bits per heavy atom. The van der Waals surface area contributed by atoms with Crippen LogP contribution < -0.4 is 0 Å². The molecular formula is C21H17ClF3N3. The van der Waals surface area contributed by atoms with E-state index >= 15 is 0 Å². The minimum Gasteiger partial charge on any atom is -0.293 e. The van der Waals surface area contributed by atoms with E-state index in [9.17, 15) is 13.2 Å². The zero-order chi connectivity index (χ0) is 19.7. The summed E-state index contributed by atoms with van der Waals surface area (Å²) in [5, 5.41) is 0.233.